The number of likely N-dealkylation sites (tertiary alicyclic amines) is 1. The molecule has 120 valence electrons. The molecule has 2 aromatic rings. The molecule has 0 spiro atoms. The van der Waals surface area contributed by atoms with Crippen molar-refractivity contribution in [1.29, 1.82) is 0 Å². The first kappa shape index (κ1) is 15.5. The molecule has 1 N–H and O–H groups in total. The molecule has 1 amide bonds. The van der Waals surface area contributed by atoms with Gasteiger partial charge in [-0.25, -0.2) is 0 Å². The zero-order chi connectivity index (χ0) is 16.1. The van der Waals surface area contributed by atoms with E-state index in [0.717, 1.165) is 37.3 Å². The van der Waals surface area contributed by atoms with E-state index in [-0.39, 0.29) is 11.9 Å². The summed E-state index contributed by atoms with van der Waals surface area (Å²) < 4.78 is 1.94. The molecule has 6 heteroatoms. The normalized spacial score (nSPS) is 18.7. The summed E-state index contributed by atoms with van der Waals surface area (Å²) in [5.41, 5.74) is 0.821. The van der Waals surface area contributed by atoms with Crippen molar-refractivity contribution in [3.05, 3.63) is 30.2 Å². The number of hydrogen-bond acceptors (Lipinski definition) is 4. The third kappa shape index (κ3) is 3.51. The molecule has 1 aliphatic heterocycles. The standard InChI is InChI=1S/C17H21N5O/c1-2-11-21-12-5-3-7-14(21)17(23)18-10-9-16-20-19-15-8-4-6-13-22(15)16/h1,4,6,8,13-14H,3,5,7,9-12H2,(H,18,23)/t14-/m0/s1. The lowest BCUT2D eigenvalue weighted by molar-refractivity contribution is -0.127. The van der Waals surface area contributed by atoms with Gasteiger partial charge in [-0.15, -0.1) is 16.6 Å². The first-order chi connectivity index (χ1) is 11.3. The van der Waals surface area contributed by atoms with Crippen molar-refractivity contribution in [1.82, 2.24) is 24.8 Å². The lowest BCUT2D eigenvalue weighted by atomic mass is 10.0. The second kappa shape index (κ2) is 7.25. The van der Waals surface area contributed by atoms with Crippen LogP contribution in [0.5, 0.6) is 0 Å². The Kier molecular flexibility index (Phi) is 4.89. The molecule has 0 aromatic carbocycles. The maximum atomic E-state index is 12.4. The van der Waals surface area contributed by atoms with E-state index in [1.54, 1.807) is 0 Å². The highest BCUT2D eigenvalue weighted by atomic mass is 16.2. The van der Waals surface area contributed by atoms with Gasteiger partial charge >= 0.3 is 0 Å². The highest BCUT2D eigenvalue weighted by molar-refractivity contribution is 5.81. The second-order valence-corrected chi connectivity index (χ2v) is 5.77. The minimum Gasteiger partial charge on any atom is -0.354 e. The van der Waals surface area contributed by atoms with Crippen molar-refractivity contribution in [2.75, 3.05) is 19.6 Å². The number of fused-ring (bicyclic) bond motifs is 1. The molecule has 0 unspecified atom stereocenters. The van der Waals surface area contributed by atoms with Gasteiger partial charge in [0.1, 0.15) is 5.82 Å². The molecule has 3 heterocycles. The van der Waals surface area contributed by atoms with Gasteiger partial charge in [0.25, 0.3) is 0 Å². The Morgan fingerprint density at radius 2 is 2.30 bits per heavy atom. The van der Waals surface area contributed by atoms with Crippen LogP contribution in [0.25, 0.3) is 5.65 Å². The lowest BCUT2D eigenvalue weighted by Gasteiger charge is -2.33. The third-order valence-electron chi connectivity index (χ3n) is 4.24. The van der Waals surface area contributed by atoms with Crippen LogP contribution in [0.1, 0.15) is 25.1 Å². The molecule has 0 radical (unpaired) electrons. The van der Waals surface area contributed by atoms with Crippen LogP contribution in [0.3, 0.4) is 0 Å². The van der Waals surface area contributed by atoms with Crippen molar-refractivity contribution in [3.63, 3.8) is 0 Å². The lowest BCUT2D eigenvalue weighted by Crippen LogP contribution is -2.49. The minimum absolute atomic E-state index is 0.0637. The molecule has 0 saturated carbocycles. The molecule has 0 aliphatic carbocycles. The average molecular weight is 311 g/mol. The van der Waals surface area contributed by atoms with Crippen LogP contribution in [0.4, 0.5) is 0 Å². The van der Waals surface area contributed by atoms with Crippen LogP contribution >= 0.6 is 0 Å². The molecular formula is C17H21N5O. The maximum absolute atomic E-state index is 12.4. The van der Waals surface area contributed by atoms with Gasteiger partial charge in [-0.3, -0.25) is 14.1 Å². The summed E-state index contributed by atoms with van der Waals surface area (Å²) in [6, 6.07) is 5.68. The number of nitrogens with zero attached hydrogens (tertiary/aromatic N) is 4. The highest BCUT2D eigenvalue weighted by Gasteiger charge is 2.27. The van der Waals surface area contributed by atoms with Gasteiger partial charge < -0.3 is 5.32 Å². The summed E-state index contributed by atoms with van der Waals surface area (Å²) in [6.07, 6.45) is 11.0. The van der Waals surface area contributed by atoms with E-state index in [4.69, 9.17) is 6.42 Å². The van der Waals surface area contributed by atoms with Crippen LogP contribution in [0.2, 0.25) is 0 Å². The topological polar surface area (TPSA) is 62.5 Å². The van der Waals surface area contributed by atoms with E-state index in [1.807, 2.05) is 28.8 Å². The number of terminal acetylenes is 1. The first-order valence-electron chi connectivity index (χ1n) is 8.03. The Balaban J connectivity index is 1.55. The maximum Gasteiger partial charge on any atom is 0.237 e. The Labute approximate surface area is 135 Å². The van der Waals surface area contributed by atoms with E-state index in [0.29, 0.717) is 19.5 Å². The van der Waals surface area contributed by atoms with Gasteiger partial charge in [-0.05, 0) is 31.5 Å². The molecule has 2 aromatic heterocycles. The number of rotatable bonds is 5. The van der Waals surface area contributed by atoms with Crippen LogP contribution in [0.15, 0.2) is 24.4 Å². The number of hydrogen-bond donors (Lipinski definition) is 1. The molecule has 3 rings (SSSR count). The Morgan fingerprint density at radius 1 is 1.39 bits per heavy atom. The van der Waals surface area contributed by atoms with E-state index >= 15 is 0 Å². The molecule has 6 nitrogen and oxygen atoms in total. The van der Waals surface area contributed by atoms with Crippen molar-refractivity contribution in [3.8, 4) is 12.3 Å². The number of nitrogens with one attached hydrogen (secondary N) is 1. The molecular weight excluding hydrogens is 290 g/mol. The molecule has 1 saturated heterocycles. The number of amides is 1. The Bertz CT molecular complexity index is 717. The second-order valence-electron chi connectivity index (χ2n) is 5.77. The summed E-state index contributed by atoms with van der Waals surface area (Å²) in [4.78, 5) is 14.5. The van der Waals surface area contributed by atoms with E-state index in [2.05, 4.69) is 26.3 Å². The zero-order valence-corrected chi connectivity index (χ0v) is 13.1. The van der Waals surface area contributed by atoms with Crippen LogP contribution in [-0.4, -0.2) is 51.1 Å². The number of aromatic nitrogens is 3. The van der Waals surface area contributed by atoms with Gasteiger partial charge in [-0.1, -0.05) is 18.4 Å². The Morgan fingerprint density at radius 3 is 3.17 bits per heavy atom. The Hall–Kier alpha value is -2.39. The minimum atomic E-state index is -0.102. The number of pyridine rings is 1. The van der Waals surface area contributed by atoms with Gasteiger partial charge in [0.15, 0.2) is 5.65 Å². The van der Waals surface area contributed by atoms with Gasteiger partial charge in [0.05, 0.1) is 12.6 Å². The predicted molar refractivity (Wildman–Crippen MR) is 87.7 cm³/mol. The van der Waals surface area contributed by atoms with Crippen molar-refractivity contribution < 1.29 is 4.79 Å². The van der Waals surface area contributed by atoms with E-state index in [9.17, 15) is 4.79 Å². The fourth-order valence-corrected chi connectivity index (χ4v) is 3.07. The molecule has 1 atom stereocenters. The predicted octanol–water partition coefficient (Wildman–Crippen LogP) is 0.876. The monoisotopic (exact) mass is 311 g/mol. The number of carbonyl (C=O) groups excluding carboxylic acids is 1. The van der Waals surface area contributed by atoms with Gasteiger partial charge in [-0.2, -0.15) is 0 Å². The third-order valence-corrected chi connectivity index (χ3v) is 4.24. The highest BCUT2D eigenvalue weighted by Crippen LogP contribution is 2.16. The van der Waals surface area contributed by atoms with E-state index in [1.165, 1.54) is 0 Å². The quantitative estimate of drug-likeness (QED) is 0.833. The molecule has 0 bridgehead atoms. The largest absolute Gasteiger partial charge is 0.354 e. The fourth-order valence-electron chi connectivity index (χ4n) is 3.07. The number of carbonyl (C=O) groups is 1. The van der Waals surface area contributed by atoms with Crippen LogP contribution in [0, 0.1) is 12.3 Å². The average Bonchev–Trinajstić information content (AvgIpc) is 2.99. The smallest absolute Gasteiger partial charge is 0.237 e. The van der Waals surface area contributed by atoms with E-state index < -0.39 is 0 Å². The molecule has 1 aliphatic rings. The SMILES string of the molecule is C#CCN1CCCC[C@H]1C(=O)NCCc1nnc2ccccn12. The zero-order valence-electron chi connectivity index (χ0n) is 13.1. The van der Waals surface area contributed by atoms with Crippen molar-refractivity contribution in [2.45, 2.75) is 31.7 Å². The molecule has 1 fully saturated rings. The van der Waals surface area contributed by atoms with Gasteiger partial charge in [0, 0.05) is 19.2 Å². The summed E-state index contributed by atoms with van der Waals surface area (Å²) in [5, 5.41) is 11.3. The van der Waals surface area contributed by atoms with Crippen molar-refractivity contribution in [2.24, 2.45) is 0 Å². The summed E-state index contributed by atoms with van der Waals surface area (Å²) in [7, 11) is 0. The summed E-state index contributed by atoms with van der Waals surface area (Å²) >= 11 is 0. The first-order valence-corrected chi connectivity index (χ1v) is 8.03. The van der Waals surface area contributed by atoms with Gasteiger partial charge in [0.2, 0.25) is 5.91 Å². The van der Waals surface area contributed by atoms with Crippen molar-refractivity contribution >= 4 is 11.6 Å². The summed E-state index contributed by atoms with van der Waals surface area (Å²) in [5.74, 6) is 3.56. The fraction of sp³-hybridized carbons (Fsp3) is 0.471. The van der Waals surface area contributed by atoms with Crippen LogP contribution in [-0.2, 0) is 11.2 Å². The molecule has 23 heavy (non-hydrogen) atoms. The summed E-state index contributed by atoms with van der Waals surface area (Å²) in [6.45, 7) is 1.99. The number of piperidine rings is 1. The van der Waals surface area contributed by atoms with Crippen LogP contribution < -0.4 is 5.32 Å².